The van der Waals surface area contributed by atoms with E-state index < -0.39 is 0 Å². The van der Waals surface area contributed by atoms with Crippen molar-refractivity contribution in [2.45, 2.75) is 35.8 Å². The Hall–Kier alpha value is -0.130. The van der Waals surface area contributed by atoms with Gasteiger partial charge in [0.05, 0.1) is 9.88 Å². The lowest BCUT2D eigenvalue weighted by Crippen LogP contribution is -2.42. The molecule has 0 radical (unpaired) electrons. The summed E-state index contributed by atoms with van der Waals surface area (Å²) in [6.45, 7) is 4.03. The maximum absolute atomic E-state index is 11.7. The third-order valence-electron chi connectivity index (χ3n) is 2.33. The normalized spacial score (nSPS) is 25.6. The molecule has 0 aromatic carbocycles. The Morgan fingerprint density at radius 3 is 2.50 bits per heavy atom. The van der Waals surface area contributed by atoms with Crippen LogP contribution >= 0.6 is 22.6 Å². The smallest absolute Gasteiger partial charge is 0.256 e. The van der Waals surface area contributed by atoms with E-state index in [9.17, 15) is 4.79 Å². The molecule has 12 heavy (non-hydrogen) atoms. The Balaban J connectivity index is 2.23. The molecule has 0 saturated heterocycles. The van der Waals surface area contributed by atoms with Crippen molar-refractivity contribution >= 4 is 34.8 Å². The summed E-state index contributed by atoms with van der Waals surface area (Å²) in [6, 6.07) is 0. The van der Waals surface area contributed by atoms with Crippen molar-refractivity contribution in [3.8, 4) is 0 Å². The molecule has 3 nitrogen and oxygen atoms in total. The second-order valence-electron chi connectivity index (χ2n) is 3.86. The first-order valence-corrected chi connectivity index (χ1v) is 5.12. The Labute approximate surface area is 85.4 Å². The number of rotatable bonds is 1. The minimum atomic E-state index is -0.317. The second kappa shape index (κ2) is 2.21. The molecule has 1 amide bonds. The van der Waals surface area contributed by atoms with Gasteiger partial charge in [-0.25, -0.2) is 0 Å². The SMILES string of the molecule is CC(C)(I)N1C=NC2(CC2)C1=O. The zero-order chi connectivity index (χ0) is 8.98. The largest absolute Gasteiger partial charge is 0.286 e. The summed E-state index contributed by atoms with van der Waals surface area (Å²) in [4.78, 5) is 17.7. The lowest BCUT2D eigenvalue weighted by atomic mass is 10.2. The first-order chi connectivity index (χ1) is 5.46. The van der Waals surface area contributed by atoms with E-state index in [0.717, 1.165) is 12.8 Å². The zero-order valence-corrected chi connectivity index (χ0v) is 9.33. The fourth-order valence-electron chi connectivity index (χ4n) is 1.34. The van der Waals surface area contributed by atoms with Crippen LogP contribution < -0.4 is 0 Å². The van der Waals surface area contributed by atoms with Gasteiger partial charge in [-0.1, -0.05) is 22.6 Å². The number of carbonyl (C=O) groups is 1. The molecule has 0 aromatic rings. The standard InChI is InChI=1S/C8H11IN2O/c1-7(2,9)11-5-10-8(3-4-8)6(11)12/h5H,3-4H2,1-2H3. The number of carbonyl (C=O) groups excluding carboxylic acids is 1. The van der Waals surface area contributed by atoms with E-state index in [1.807, 2.05) is 13.8 Å². The Morgan fingerprint density at radius 1 is 1.67 bits per heavy atom. The Kier molecular flexibility index (Phi) is 1.56. The summed E-state index contributed by atoms with van der Waals surface area (Å²) in [5.74, 6) is 0.182. The van der Waals surface area contributed by atoms with Gasteiger partial charge in [-0.2, -0.15) is 0 Å². The van der Waals surface area contributed by atoms with Gasteiger partial charge in [-0.3, -0.25) is 14.7 Å². The number of aliphatic imine (C=N–C) groups is 1. The fraction of sp³-hybridized carbons (Fsp3) is 0.750. The number of amides is 1. The molecule has 1 heterocycles. The van der Waals surface area contributed by atoms with E-state index in [4.69, 9.17) is 0 Å². The quantitative estimate of drug-likeness (QED) is 0.407. The summed E-state index contributed by atoms with van der Waals surface area (Å²) in [7, 11) is 0. The lowest BCUT2D eigenvalue weighted by Gasteiger charge is -2.27. The molecule has 1 fully saturated rings. The van der Waals surface area contributed by atoms with Crippen LogP contribution in [0.2, 0.25) is 0 Å². The van der Waals surface area contributed by atoms with Gasteiger partial charge >= 0.3 is 0 Å². The lowest BCUT2D eigenvalue weighted by molar-refractivity contribution is -0.129. The number of halogens is 1. The van der Waals surface area contributed by atoms with Crippen LogP contribution in [0.25, 0.3) is 0 Å². The molecule has 1 aliphatic heterocycles. The summed E-state index contributed by atoms with van der Waals surface area (Å²) in [5.41, 5.74) is -0.317. The number of nitrogens with zero attached hydrogens (tertiary/aromatic N) is 2. The molecule has 2 aliphatic rings. The van der Waals surface area contributed by atoms with Crippen LogP contribution in [-0.4, -0.2) is 26.2 Å². The molecule has 1 aliphatic carbocycles. The van der Waals surface area contributed by atoms with Crippen LogP contribution in [0.5, 0.6) is 0 Å². The number of hydrogen-bond donors (Lipinski definition) is 0. The van der Waals surface area contributed by atoms with Crippen molar-refractivity contribution < 1.29 is 4.79 Å². The maximum atomic E-state index is 11.7. The molecule has 2 rings (SSSR count). The van der Waals surface area contributed by atoms with Crippen LogP contribution in [0.3, 0.4) is 0 Å². The van der Waals surface area contributed by atoms with Crippen molar-refractivity contribution in [3.05, 3.63) is 0 Å². The molecule has 66 valence electrons. The number of alkyl halides is 1. The van der Waals surface area contributed by atoms with Gasteiger partial charge in [-0.15, -0.1) is 0 Å². The fourth-order valence-corrected chi connectivity index (χ4v) is 1.68. The monoisotopic (exact) mass is 278 g/mol. The molecular weight excluding hydrogens is 267 g/mol. The van der Waals surface area contributed by atoms with Crippen LogP contribution in [0, 0.1) is 0 Å². The summed E-state index contributed by atoms with van der Waals surface area (Å²) in [6.07, 6.45) is 3.57. The minimum absolute atomic E-state index is 0.148. The molecule has 4 heteroatoms. The second-order valence-corrected chi connectivity index (χ2v) is 6.50. The highest BCUT2D eigenvalue weighted by Crippen LogP contribution is 2.45. The van der Waals surface area contributed by atoms with Crippen molar-refractivity contribution in [3.63, 3.8) is 0 Å². The molecule has 0 atom stereocenters. The highest BCUT2D eigenvalue weighted by atomic mass is 127. The van der Waals surface area contributed by atoms with Crippen molar-refractivity contribution in [2.75, 3.05) is 0 Å². The average molecular weight is 278 g/mol. The molecule has 0 aromatic heterocycles. The van der Waals surface area contributed by atoms with Crippen molar-refractivity contribution in [1.29, 1.82) is 0 Å². The Bertz CT molecular complexity index is 263. The Morgan fingerprint density at radius 2 is 2.25 bits per heavy atom. The molecule has 1 spiro atoms. The zero-order valence-electron chi connectivity index (χ0n) is 7.17. The van der Waals surface area contributed by atoms with Gasteiger partial charge in [0, 0.05) is 0 Å². The van der Waals surface area contributed by atoms with E-state index in [1.165, 1.54) is 0 Å². The van der Waals surface area contributed by atoms with Crippen LogP contribution in [0.15, 0.2) is 4.99 Å². The third kappa shape index (κ3) is 1.08. The number of hydrogen-bond acceptors (Lipinski definition) is 2. The van der Waals surface area contributed by atoms with Gasteiger partial charge < -0.3 is 0 Å². The van der Waals surface area contributed by atoms with Crippen molar-refractivity contribution in [1.82, 2.24) is 4.90 Å². The molecule has 0 bridgehead atoms. The maximum Gasteiger partial charge on any atom is 0.256 e. The first kappa shape index (κ1) is 8.47. The van der Waals surface area contributed by atoms with E-state index in [2.05, 4.69) is 27.6 Å². The van der Waals surface area contributed by atoms with Gasteiger partial charge in [0.2, 0.25) is 0 Å². The highest BCUT2D eigenvalue weighted by molar-refractivity contribution is 14.1. The van der Waals surface area contributed by atoms with Crippen molar-refractivity contribution in [2.24, 2.45) is 4.99 Å². The van der Waals surface area contributed by atoms with E-state index >= 15 is 0 Å². The van der Waals surface area contributed by atoms with Crippen LogP contribution in [-0.2, 0) is 4.79 Å². The molecule has 0 N–H and O–H groups in total. The van der Waals surface area contributed by atoms with E-state index in [-0.39, 0.29) is 15.0 Å². The van der Waals surface area contributed by atoms with Crippen LogP contribution in [0.1, 0.15) is 26.7 Å². The van der Waals surface area contributed by atoms with Gasteiger partial charge in [0.15, 0.2) is 0 Å². The van der Waals surface area contributed by atoms with Crippen LogP contribution in [0.4, 0.5) is 0 Å². The third-order valence-corrected chi connectivity index (χ3v) is 2.85. The van der Waals surface area contributed by atoms with E-state index in [0.29, 0.717) is 0 Å². The average Bonchev–Trinajstić information content (AvgIpc) is 2.58. The van der Waals surface area contributed by atoms with Gasteiger partial charge in [0.1, 0.15) is 5.54 Å². The van der Waals surface area contributed by atoms with Gasteiger partial charge in [-0.05, 0) is 26.7 Å². The minimum Gasteiger partial charge on any atom is -0.286 e. The highest BCUT2D eigenvalue weighted by Gasteiger charge is 2.56. The predicted octanol–water partition coefficient (Wildman–Crippen LogP) is 1.56. The molecule has 0 unspecified atom stereocenters. The van der Waals surface area contributed by atoms with Gasteiger partial charge in [0.25, 0.3) is 5.91 Å². The topological polar surface area (TPSA) is 32.7 Å². The molecular formula is C8H11IN2O. The predicted molar refractivity (Wildman–Crippen MR) is 55.4 cm³/mol. The summed E-state index contributed by atoms with van der Waals surface area (Å²) < 4.78 is -0.148. The summed E-state index contributed by atoms with van der Waals surface area (Å²) >= 11 is 2.25. The van der Waals surface area contributed by atoms with E-state index in [1.54, 1.807) is 11.2 Å². The molecule has 1 saturated carbocycles. The summed E-state index contributed by atoms with van der Waals surface area (Å²) in [5, 5.41) is 0. The first-order valence-electron chi connectivity index (χ1n) is 4.04.